The molecule has 98 valence electrons. The third kappa shape index (κ3) is 5.89. The van der Waals surface area contributed by atoms with Crippen LogP contribution in [0.5, 0.6) is 0 Å². The normalized spacial score (nSPS) is 12.9. The highest BCUT2D eigenvalue weighted by Crippen LogP contribution is 2.09. The Morgan fingerprint density at radius 3 is 2.65 bits per heavy atom. The van der Waals surface area contributed by atoms with Crippen LogP contribution in [0.3, 0.4) is 0 Å². The Balaban J connectivity index is 2.12. The van der Waals surface area contributed by atoms with E-state index in [4.69, 9.17) is 9.52 Å². The number of aliphatic hydroxyl groups is 1. The molecule has 0 aliphatic rings. The summed E-state index contributed by atoms with van der Waals surface area (Å²) >= 11 is 0. The first-order chi connectivity index (χ1) is 8.26. The number of hydrogen-bond donors (Lipinski definition) is 2. The fourth-order valence-electron chi connectivity index (χ4n) is 1.86. The predicted octanol–water partition coefficient (Wildman–Crippen LogP) is 3.22. The molecule has 1 aromatic rings. The Hall–Kier alpha value is -0.800. The molecular formula is C14H25NO2. The minimum Gasteiger partial charge on any atom is -0.462 e. The Kier molecular flexibility index (Phi) is 6.97. The van der Waals surface area contributed by atoms with E-state index >= 15 is 0 Å². The van der Waals surface area contributed by atoms with E-state index in [1.807, 2.05) is 12.1 Å². The van der Waals surface area contributed by atoms with Crippen molar-refractivity contribution in [3.8, 4) is 0 Å². The molecule has 2 N–H and O–H groups in total. The number of aliphatic hydroxyl groups excluding tert-OH is 1. The standard InChI is InChI=1S/C14H25NO2/c1-3-4-5-6-7-12(2)15-10-13-8-9-14(11-16)17-13/h8-9,12,15-16H,3-7,10-11H2,1-2H3. The molecule has 3 heteroatoms. The molecule has 0 bridgehead atoms. The smallest absolute Gasteiger partial charge is 0.129 e. The van der Waals surface area contributed by atoms with Gasteiger partial charge in [-0.15, -0.1) is 0 Å². The Morgan fingerprint density at radius 2 is 2.00 bits per heavy atom. The zero-order valence-corrected chi connectivity index (χ0v) is 11.0. The lowest BCUT2D eigenvalue weighted by atomic mass is 10.1. The highest BCUT2D eigenvalue weighted by molar-refractivity contribution is 5.06. The van der Waals surface area contributed by atoms with Gasteiger partial charge in [0.2, 0.25) is 0 Å². The molecule has 1 rings (SSSR count). The van der Waals surface area contributed by atoms with Crippen molar-refractivity contribution in [3.63, 3.8) is 0 Å². The van der Waals surface area contributed by atoms with Crippen LogP contribution in [0, 0.1) is 0 Å². The molecule has 0 aliphatic carbocycles. The quantitative estimate of drug-likeness (QED) is 0.650. The molecule has 1 heterocycles. The van der Waals surface area contributed by atoms with Gasteiger partial charge in [0.05, 0.1) is 6.54 Å². The zero-order valence-electron chi connectivity index (χ0n) is 11.0. The van der Waals surface area contributed by atoms with Crippen molar-refractivity contribution in [1.29, 1.82) is 0 Å². The van der Waals surface area contributed by atoms with E-state index in [1.54, 1.807) is 0 Å². The molecule has 1 unspecified atom stereocenters. The summed E-state index contributed by atoms with van der Waals surface area (Å²) in [5, 5.41) is 12.3. The van der Waals surface area contributed by atoms with Gasteiger partial charge in [0.1, 0.15) is 18.1 Å². The molecule has 1 aromatic heterocycles. The van der Waals surface area contributed by atoms with Crippen LogP contribution < -0.4 is 5.32 Å². The van der Waals surface area contributed by atoms with E-state index < -0.39 is 0 Å². The number of unbranched alkanes of at least 4 members (excludes halogenated alkanes) is 3. The first kappa shape index (κ1) is 14.3. The van der Waals surface area contributed by atoms with Crippen LogP contribution in [0.25, 0.3) is 0 Å². The van der Waals surface area contributed by atoms with Crippen molar-refractivity contribution in [3.05, 3.63) is 23.7 Å². The second-order valence-corrected chi connectivity index (χ2v) is 4.66. The zero-order chi connectivity index (χ0) is 12.5. The van der Waals surface area contributed by atoms with E-state index in [0.717, 1.165) is 12.3 Å². The maximum Gasteiger partial charge on any atom is 0.129 e. The number of nitrogens with one attached hydrogen (secondary N) is 1. The van der Waals surface area contributed by atoms with Gasteiger partial charge in [-0.05, 0) is 25.5 Å². The van der Waals surface area contributed by atoms with E-state index in [9.17, 15) is 0 Å². The van der Waals surface area contributed by atoms with Gasteiger partial charge in [0.15, 0.2) is 0 Å². The number of furan rings is 1. The summed E-state index contributed by atoms with van der Waals surface area (Å²) in [4.78, 5) is 0. The van der Waals surface area contributed by atoms with E-state index in [1.165, 1.54) is 32.1 Å². The molecule has 0 aromatic carbocycles. The Labute approximate surface area is 104 Å². The van der Waals surface area contributed by atoms with Gasteiger partial charge >= 0.3 is 0 Å². The third-order valence-electron chi connectivity index (χ3n) is 2.99. The molecular weight excluding hydrogens is 214 g/mol. The number of rotatable bonds is 9. The van der Waals surface area contributed by atoms with Crippen molar-refractivity contribution in [2.45, 2.75) is 65.1 Å². The summed E-state index contributed by atoms with van der Waals surface area (Å²) in [6, 6.07) is 4.26. The first-order valence-corrected chi connectivity index (χ1v) is 6.68. The summed E-state index contributed by atoms with van der Waals surface area (Å²) in [5.74, 6) is 1.53. The summed E-state index contributed by atoms with van der Waals surface area (Å²) < 4.78 is 5.41. The maximum atomic E-state index is 8.88. The van der Waals surface area contributed by atoms with Crippen LogP contribution in [0.15, 0.2) is 16.5 Å². The van der Waals surface area contributed by atoms with E-state index in [0.29, 0.717) is 11.8 Å². The van der Waals surface area contributed by atoms with Crippen LogP contribution in [0.1, 0.15) is 57.5 Å². The Morgan fingerprint density at radius 1 is 1.24 bits per heavy atom. The highest BCUT2D eigenvalue weighted by Gasteiger charge is 2.04. The summed E-state index contributed by atoms with van der Waals surface area (Å²) in [6.07, 6.45) is 6.47. The van der Waals surface area contributed by atoms with Gasteiger partial charge in [0.25, 0.3) is 0 Å². The second kappa shape index (κ2) is 8.31. The van der Waals surface area contributed by atoms with Gasteiger partial charge in [-0.25, -0.2) is 0 Å². The lowest BCUT2D eigenvalue weighted by Crippen LogP contribution is -2.25. The molecule has 0 saturated heterocycles. The average molecular weight is 239 g/mol. The van der Waals surface area contributed by atoms with Crippen LogP contribution in [-0.2, 0) is 13.2 Å². The second-order valence-electron chi connectivity index (χ2n) is 4.66. The maximum absolute atomic E-state index is 8.88. The fourth-order valence-corrected chi connectivity index (χ4v) is 1.86. The van der Waals surface area contributed by atoms with Gasteiger partial charge in [-0.1, -0.05) is 32.6 Å². The third-order valence-corrected chi connectivity index (χ3v) is 2.99. The average Bonchev–Trinajstić information content (AvgIpc) is 2.80. The topological polar surface area (TPSA) is 45.4 Å². The molecule has 17 heavy (non-hydrogen) atoms. The van der Waals surface area contributed by atoms with Gasteiger partial charge in [0, 0.05) is 6.04 Å². The summed E-state index contributed by atoms with van der Waals surface area (Å²) in [6.45, 7) is 5.17. The summed E-state index contributed by atoms with van der Waals surface area (Å²) in [5.41, 5.74) is 0. The van der Waals surface area contributed by atoms with Crippen LogP contribution >= 0.6 is 0 Å². The molecule has 0 fully saturated rings. The van der Waals surface area contributed by atoms with Crippen molar-refractivity contribution < 1.29 is 9.52 Å². The summed E-state index contributed by atoms with van der Waals surface area (Å²) in [7, 11) is 0. The van der Waals surface area contributed by atoms with E-state index in [-0.39, 0.29) is 6.61 Å². The first-order valence-electron chi connectivity index (χ1n) is 6.68. The van der Waals surface area contributed by atoms with Crippen molar-refractivity contribution in [2.24, 2.45) is 0 Å². The van der Waals surface area contributed by atoms with Gasteiger partial charge in [-0.2, -0.15) is 0 Å². The predicted molar refractivity (Wildman–Crippen MR) is 69.7 cm³/mol. The Bertz CT molecular complexity index is 296. The highest BCUT2D eigenvalue weighted by atomic mass is 16.4. The molecule has 0 saturated carbocycles. The van der Waals surface area contributed by atoms with Crippen LogP contribution in [0.4, 0.5) is 0 Å². The minimum atomic E-state index is -0.0213. The molecule has 3 nitrogen and oxygen atoms in total. The lowest BCUT2D eigenvalue weighted by Gasteiger charge is -2.12. The molecule has 0 spiro atoms. The molecule has 0 aliphatic heterocycles. The van der Waals surface area contributed by atoms with Crippen molar-refractivity contribution in [1.82, 2.24) is 5.32 Å². The van der Waals surface area contributed by atoms with Crippen LogP contribution in [-0.4, -0.2) is 11.1 Å². The van der Waals surface area contributed by atoms with Gasteiger partial charge in [-0.3, -0.25) is 0 Å². The van der Waals surface area contributed by atoms with Gasteiger partial charge < -0.3 is 14.8 Å². The fraction of sp³-hybridized carbons (Fsp3) is 0.714. The molecule has 1 atom stereocenters. The van der Waals surface area contributed by atoms with Crippen molar-refractivity contribution >= 4 is 0 Å². The van der Waals surface area contributed by atoms with Crippen molar-refractivity contribution in [2.75, 3.05) is 0 Å². The van der Waals surface area contributed by atoms with Crippen LogP contribution in [0.2, 0.25) is 0 Å². The lowest BCUT2D eigenvalue weighted by molar-refractivity contribution is 0.242. The monoisotopic (exact) mass is 239 g/mol. The molecule has 0 radical (unpaired) electrons. The number of hydrogen-bond acceptors (Lipinski definition) is 3. The minimum absolute atomic E-state index is 0.0213. The molecule has 0 amide bonds. The SMILES string of the molecule is CCCCCCC(C)NCc1ccc(CO)o1. The largest absolute Gasteiger partial charge is 0.462 e. The van der Waals surface area contributed by atoms with E-state index in [2.05, 4.69) is 19.2 Å².